The Kier molecular flexibility index (Phi) is 4.90. The molecule has 162 valence electrons. The van der Waals surface area contributed by atoms with E-state index in [9.17, 15) is 0 Å². The van der Waals surface area contributed by atoms with Crippen LogP contribution in [0.3, 0.4) is 0 Å². The van der Waals surface area contributed by atoms with Crippen molar-refractivity contribution in [3.8, 4) is 16.8 Å². The molecule has 0 atom stereocenters. The van der Waals surface area contributed by atoms with E-state index in [1.807, 2.05) is 13.0 Å². The summed E-state index contributed by atoms with van der Waals surface area (Å²) in [5.41, 5.74) is 10.5. The molecule has 1 aromatic heterocycles. The van der Waals surface area contributed by atoms with Crippen LogP contribution in [-0.2, 0) is 6.42 Å². The first-order valence-electron chi connectivity index (χ1n) is 11.7. The normalized spacial score (nSPS) is 13.4. The number of benzene rings is 3. The van der Waals surface area contributed by atoms with E-state index < -0.39 is 0 Å². The van der Waals surface area contributed by atoms with Gasteiger partial charge in [-0.05, 0) is 71.9 Å². The highest BCUT2D eigenvalue weighted by Crippen LogP contribution is 2.38. The van der Waals surface area contributed by atoms with E-state index in [2.05, 4.69) is 102 Å². The first-order chi connectivity index (χ1) is 16.8. The molecule has 34 heavy (non-hydrogen) atoms. The molecule has 2 heteroatoms. The lowest BCUT2D eigenvalue weighted by atomic mass is 9.88. The van der Waals surface area contributed by atoms with E-state index in [1.165, 1.54) is 44.9 Å². The number of allylic oxidation sites excluding steroid dienone is 3. The topological polar surface area (TPSA) is 28.8 Å². The minimum absolute atomic E-state index is 0.917. The molecule has 6 rings (SSSR count). The largest absolute Gasteiger partial charge is 0.308 e. The Morgan fingerprint density at radius 3 is 2.50 bits per heavy atom. The maximum Gasteiger partial charge on any atom is 0.0670 e. The molecular weight excluding hydrogens is 412 g/mol. The SMILES string of the molecule is C/C=C(\C=N)C1=Cc2c#cc3c4ccccc4n(-c4cccc(-c5ccccc5)c4)c3c2CC1. The number of hydrogen-bond acceptors (Lipinski definition) is 1. The Labute approximate surface area is 200 Å². The minimum atomic E-state index is 0.917. The van der Waals surface area contributed by atoms with Gasteiger partial charge in [-0.25, -0.2) is 0 Å². The van der Waals surface area contributed by atoms with Gasteiger partial charge in [0.1, 0.15) is 0 Å². The molecule has 1 N–H and O–H groups in total. The number of rotatable bonds is 4. The summed E-state index contributed by atoms with van der Waals surface area (Å²) in [6.07, 6.45) is 7.49. The van der Waals surface area contributed by atoms with Crippen LogP contribution in [0.5, 0.6) is 0 Å². The summed E-state index contributed by atoms with van der Waals surface area (Å²) in [6.45, 7) is 1.99. The number of para-hydroxylation sites is 1. The molecular formula is C32H24N2. The summed E-state index contributed by atoms with van der Waals surface area (Å²) < 4.78 is 2.40. The number of hydrogen-bond donors (Lipinski definition) is 1. The summed E-state index contributed by atoms with van der Waals surface area (Å²) >= 11 is 0. The monoisotopic (exact) mass is 436 g/mol. The molecule has 2 nitrogen and oxygen atoms in total. The van der Waals surface area contributed by atoms with Gasteiger partial charge in [0, 0.05) is 22.9 Å². The van der Waals surface area contributed by atoms with Crippen molar-refractivity contribution in [3.63, 3.8) is 0 Å². The zero-order valence-corrected chi connectivity index (χ0v) is 19.1. The lowest BCUT2D eigenvalue weighted by molar-refractivity contribution is 0.945. The maximum absolute atomic E-state index is 7.77. The summed E-state index contributed by atoms with van der Waals surface area (Å²) in [7, 11) is 0. The molecule has 0 saturated heterocycles. The number of nitrogens with one attached hydrogen (secondary N) is 1. The smallest absolute Gasteiger partial charge is 0.0670 e. The third-order valence-corrected chi connectivity index (χ3v) is 6.82. The fourth-order valence-electron chi connectivity index (χ4n) is 5.18. The van der Waals surface area contributed by atoms with Gasteiger partial charge in [-0.1, -0.05) is 78.9 Å². The lowest BCUT2D eigenvalue weighted by Gasteiger charge is -2.18. The maximum atomic E-state index is 7.77. The van der Waals surface area contributed by atoms with Crippen LogP contribution in [-0.4, -0.2) is 10.8 Å². The highest BCUT2D eigenvalue weighted by Gasteiger charge is 2.21. The molecule has 0 amide bonds. The Balaban J connectivity index is 1.64. The second-order valence-electron chi connectivity index (χ2n) is 8.69. The summed E-state index contributed by atoms with van der Waals surface area (Å²) in [5.74, 6) is 0. The van der Waals surface area contributed by atoms with Crippen molar-refractivity contribution >= 4 is 34.1 Å². The van der Waals surface area contributed by atoms with E-state index in [0.717, 1.165) is 35.1 Å². The number of aromatic nitrogens is 1. The third-order valence-electron chi connectivity index (χ3n) is 6.82. The quantitative estimate of drug-likeness (QED) is 0.277. The van der Waals surface area contributed by atoms with Crippen molar-refractivity contribution in [2.24, 2.45) is 0 Å². The van der Waals surface area contributed by atoms with Crippen molar-refractivity contribution in [2.75, 3.05) is 0 Å². The molecule has 0 unspecified atom stereocenters. The van der Waals surface area contributed by atoms with Crippen molar-refractivity contribution in [1.82, 2.24) is 4.57 Å². The van der Waals surface area contributed by atoms with Gasteiger partial charge in [-0.15, -0.1) is 0 Å². The van der Waals surface area contributed by atoms with E-state index in [0.29, 0.717) is 0 Å². The lowest BCUT2D eigenvalue weighted by Crippen LogP contribution is -2.05. The fraction of sp³-hybridized carbons (Fsp3) is 0.0938. The molecule has 0 radical (unpaired) electrons. The average molecular weight is 437 g/mol. The predicted octanol–water partition coefficient (Wildman–Crippen LogP) is 7.98. The van der Waals surface area contributed by atoms with Gasteiger partial charge in [-0.2, -0.15) is 0 Å². The Hall–Kier alpha value is -4.35. The molecule has 0 spiro atoms. The molecule has 0 bridgehead atoms. The van der Waals surface area contributed by atoms with E-state index in [-0.39, 0.29) is 0 Å². The standard InChI is InChI=1S/C32H24N2/c1-2-22(21-33)25-15-17-28-26(19-25)16-18-30-29-13-6-7-14-31(29)34(32(28)30)27-12-8-11-24(20-27)23-9-4-3-5-10-23/h2-14,19-21,33H,15,17H2,1H3/b22-2+,33-21?. The molecule has 0 aliphatic heterocycles. The van der Waals surface area contributed by atoms with E-state index in [4.69, 9.17) is 5.41 Å². The van der Waals surface area contributed by atoms with Crippen molar-refractivity contribution < 1.29 is 0 Å². The minimum Gasteiger partial charge on any atom is -0.308 e. The molecule has 1 aliphatic carbocycles. The van der Waals surface area contributed by atoms with E-state index in [1.54, 1.807) is 0 Å². The van der Waals surface area contributed by atoms with E-state index >= 15 is 0 Å². The van der Waals surface area contributed by atoms with Crippen molar-refractivity contribution in [2.45, 2.75) is 19.8 Å². The zero-order chi connectivity index (χ0) is 23.1. The van der Waals surface area contributed by atoms with Gasteiger partial charge in [0.2, 0.25) is 0 Å². The van der Waals surface area contributed by atoms with Gasteiger partial charge in [-0.3, -0.25) is 0 Å². The zero-order valence-electron chi connectivity index (χ0n) is 19.1. The van der Waals surface area contributed by atoms with Gasteiger partial charge in [0.05, 0.1) is 16.4 Å². The molecule has 5 aromatic rings. The second kappa shape index (κ2) is 8.21. The first-order valence-corrected chi connectivity index (χ1v) is 11.7. The fourth-order valence-corrected chi connectivity index (χ4v) is 5.18. The van der Waals surface area contributed by atoms with Gasteiger partial charge >= 0.3 is 0 Å². The highest BCUT2D eigenvalue weighted by molar-refractivity contribution is 6.10. The van der Waals surface area contributed by atoms with Crippen LogP contribution in [0.2, 0.25) is 0 Å². The molecule has 0 fully saturated rings. The summed E-state index contributed by atoms with van der Waals surface area (Å²) in [5, 5.41) is 10.1. The predicted molar refractivity (Wildman–Crippen MR) is 143 cm³/mol. The third kappa shape index (κ3) is 3.17. The van der Waals surface area contributed by atoms with Crippen molar-refractivity contribution in [3.05, 3.63) is 119 Å². The van der Waals surface area contributed by atoms with Gasteiger partial charge < -0.3 is 9.98 Å². The van der Waals surface area contributed by atoms with Crippen LogP contribution in [0, 0.1) is 17.5 Å². The number of nitrogens with zero attached hydrogens (tertiary/aromatic N) is 1. The first kappa shape index (κ1) is 20.3. The number of fused-ring (bicyclic) bond motifs is 5. The number of aryl methyl sites for hydroxylation is 1. The molecule has 1 aliphatic rings. The highest BCUT2D eigenvalue weighted by atomic mass is 15.0. The Morgan fingerprint density at radius 2 is 1.68 bits per heavy atom. The average Bonchev–Trinajstić information content (AvgIpc) is 3.25. The van der Waals surface area contributed by atoms with Gasteiger partial charge in [0.15, 0.2) is 0 Å². The van der Waals surface area contributed by atoms with Crippen LogP contribution >= 0.6 is 0 Å². The molecule has 0 saturated carbocycles. The van der Waals surface area contributed by atoms with Crippen LogP contribution in [0.15, 0.2) is 96.1 Å². The second-order valence-corrected chi connectivity index (χ2v) is 8.69. The van der Waals surface area contributed by atoms with Crippen LogP contribution in [0.25, 0.3) is 44.7 Å². The van der Waals surface area contributed by atoms with Crippen LogP contribution in [0.1, 0.15) is 24.5 Å². The Morgan fingerprint density at radius 1 is 0.882 bits per heavy atom. The van der Waals surface area contributed by atoms with Crippen molar-refractivity contribution in [1.29, 1.82) is 5.41 Å². The van der Waals surface area contributed by atoms with Crippen LogP contribution < -0.4 is 0 Å². The summed E-state index contributed by atoms with van der Waals surface area (Å²) in [4.78, 5) is 0. The van der Waals surface area contributed by atoms with Gasteiger partial charge in [0.25, 0.3) is 0 Å². The Bertz CT molecular complexity index is 1610. The molecule has 1 heterocycles. The summed E-state index contributed by atoms with van der Waals surface area (Å²) in [6, 6.07) is 34.8. The van der Waals surface area contributed by atoms with Crippen LogP contribution in [0.4, 0.5) is 0 Å². The molecule has 4 aromatic carbocycles.